The van der Waals surface area contributed by atoms with Gasteiger partial charge in [0.15, 0.2) is 6.10 Å². The summed E-state index contributed by atoms with van der Waals surface area (Å²) in [5.41, 5.74) is 3.52. The summed E-state index contributed by atoms with van der Waals surface area (Å²) < 4.78 is 0. The lowest BCUT2D eigenvalue weighted by atomic mass is 9.90. The number of carbonyl (C=O) groups is 2. The molecule has 3 aromatic carbocycles. The van der Waals surface area contributed by atoms with Gasteiger partial charge in [0, 0.05) is 0 Å². The van der Waals surface area contributed by atoms with Crippen molar-refractivity contribution in [3.63, 3.8) is 0 Å². The fourth-order valence-corrected chi connectivity index (χ4v) is 4.34. The number of amides is 2. The summed E-state index contributed by atoms with van der Waals surface area (Å²) in [6, 6.07) is 26.6. The monoisotopic (exact) mass is 398 g/mol. The minimum Gasteiger partial charge on any atom is -0.273 e. The maximum Gasteiger partial charge on any atom is 0.266 e. The van der Waals surface area contributed by atoms with E-state index in [1.807, 2.05) is 84.9 Å². The Labute approximate surface area is 175 Å². The second kappa shape index (κ2) is 7.43. The van der Waals surface area contributed by atoms with Gasteiger partial charge in [-0.25, -0.2) is 9.96 Å². The minimum atomic E-state index is -0.839. The van der Waals surface area contributed by atoms with E-state index in [-0.39, 0.29) is 17.9 Å². The standard InChI is InChI=1S/C25H22N2O3/c1-2-17-13-15-19(16-14-17)26-24(28)21-22(18-9-5-3-6-10-18)27(30-23(21)25(26)29)20-11-7-4-8-12-20/h3-16,21-23H,2H2,1H3/t21-,22-,23-/m1/s1. The highest BCUT2D eigenvalue weighted by Crippen LogP contribution is 2.47. The molecule has 2 heterocycles. The van der Waals surface area contributed by atoms with Crippen molar-refractivity contribution in [2.24, 2.45) is 5.92 Å². The summed E-state index contributed by atoms with van der Waals surface area (Å²) in [5, 5.41) is 1.72. The zero-order chi connectivity index (χ0) is 20.7. The zero-order valence-corrected chi connectivity index (χ0v) is 16.6. The van der Waals surface area contributed by atoms with Crippen LogP contribution in [-0.4, -0.2) is 17.9 Å². The van der Waals surface area contributed by atoms with Crippen LogP contribution in [0.1, 0.15) is 24.1 Å². The summed E-state index contributed by atoms with van der Waals surface area (Å²) in [6.45, 7) is 2.07. The molecule has 0 spiro atoms. The quantitative estimate of drug-likeness (QED) is 0.615. The van der Waals surface area contributed by atoms with Crippen LogP contribution in [0.2, 0.25) is 0 Å². The summed E-state index contributed by atoms with van der Waals surface area (Å²) in [6.07, 6.45) is 0.0623. The Morgan fingerprint density at radius 2 is 1.40 bits per heavy atom. The lowest BCUT2D eigenvalue weighted by Gasteiger charge is -2.28. The molecule has 5 heteroatoms. The van der Waals surface area contributed by atoms with E-state index in [0.29, 0.717) is 5.69 Å². The molecule has 5 nitrogen and oxygen atoms in total. The molecule has 0 saturated carbocycles. The zero-order valence-electron chi connectivity index (χ0n) is 16.6. The van der Waals surface area contributed by atoms with Crippen LogP contribution in [0.5, 0.6) is 0 Å². The molecule has 2 saturated heterocycles. The van der Waals surface area contributed by atoms with E-state index in [4.69, 9.17) is 4.84 Å². The van der Waals surface area contributed by atoms with Crippen LogP contribution >= 0.6 is 0 Å². The molecule has 150 valence electrons. The molecule has 2 aliphatic rings. The number of rotatable bonds is 4. The Bertz CT molecular complexity index is 1070. The normalized spacial score (nSPS) is 23.2. The number of hydrogen-bond donors (Lipinski definition) is 0. The van der Waals surface area contributed by atoms with Gasteiger partial charge in [0.25, 0.3) is 5.91 Å². The van der Waals surface area contributed by atoms with E-state index < -0.39 is 12.0 Å². The van der Waals surface area contributed by atoms with Crippen molar-refractivity contribution in [1.29, 1.82) is 0 Å². The van der Waals surface area contributed by atoms with Crippen molar-refractivity contribution in [2.75, 3.05) is 9.96 Å². The van der Waals surface area contributed by atoms with Crippen molar-refractivity contribution < 1.29 is 14.4 Å². The van der Waals surface area contributed by atoms with E-state index in [2.05, 4.69) is 6.92 Å². The van der Waals surface area contributed by atoms with Gasteiger partial charge in [0.2, 0.25) is 5.91 Å². The molecule has 2 amide bonds. The van der Waals surface area contributed by atoms with E-state index >= 15 is 0 Å². The molecule has 0 N–H and O–H groups in total. The summed E-state index contributed by atoms with van der Waals surface area (Å²) in [4.78, 5) is 34.2. The molecular weight excluding hydrogens is 376 g/mol. The van der Waals surface area contributed by atoms with Gasteiger partial charge in [-0.15, -0.1) is 0 Å². The molecule has 0 aliphatic carbocycles. The first-order valence-corrected chi connectivity index (χ1v) is 10.2. The van der Waals surface area contributed by atoms with Crippen molar-refractivity contribution >= 4 is 23.2 Å². The largest absolute Gasteiger partial charge is 0.273 e. The number of hydrogen-bond acceptors (Lipinski definition) is 4. The average Bonchev–Trinajstić information content (AvgIpc) is 3.31. The third kappa shape index (κ3) is 2.90. The predicted molar refractivity (Wildman–Crippen MR) is 115 cm³/mol. The number of imide groups is 1. The smallest absolute Gasteiger partial charge is 0.266 e. The van der Waals surface area contributed by atoms with Gasteiger partial charge in [-0.1, -0.05) is 67.6 Å². The van der Waals surface area contributed by atoms with Gasteiger partial charge < -0.3 is 0 Å². The number of para-hydroxylation sites is 1. The number of nitrogens with zero attached hydrogens (tertiary/aromatic N) is 2. The van der Waals surface area contributed by atoms with Gasteiger partial charge in [-0.2, -0.15) is 0 Å². The highest BCUT2D eigenvalue weighted by molar-refractivity contribution is 6.23. The molecule has 0 aromatic heterocycles. The lowest BCUT2D eigenvalue weighted by molar-refractivity contribution is -0.126. The van der Waals surface area contributed by atoms with Crippen LogP contribution in [0.3, 0.4) is 0 Å². The van der Waals surface area contributed by atoms with E-state index in [9.17, 15) is 9.59 Å². The summed E-state index contributed by atoms with van der Waals surface area (Å²) >= 11 is 0. The maximum absolute atomic E-state index is 13.5. The predicted octanol–water partition coefficient (Wildman–Crippen LogP) is 4.30. The number of benzene rings is 3. The third-order valence-electron chi connectivity index (χ3n) is 5.87. The van der Waals surface area contributed by atoms with Gasteiger partial charge in [-0.05, 0) is 41.8 Å². The fraction of sp³-hybridized carbons (Fsp3) is 0.200. The van der Waals surface area contributed by atoms with Crippen LogP contribution in [0.15, 0.2) is 84.9 Å². The van der Waals surface area contributed by atoms with E-state index in [0.717, 1.165) is 23.2 Å². The molecule has 2 aliphatic heterocycles. The van der Waals surface area contributed by atoms with Crippen LogP contribution in [0.4, 0.5) is 11.4 Å². The third-order valence-corrected chi connectivity index (χ3v) is 5.87. The molecule has 5 rings (SSSR count). The highest BCUT2D eigenvalue weighted by Gasteiger charge is 2.60. The molecule has 3 atom stereocenters. The minimum absolute atomic E-state index is 0.221. The van der Waals surface area contributed by atoms with Crippen molar-refractivity contribution in [2.45, 2.75) is 25.5 Å². The van der Waals surface area contributed by atoms with Crippen LogP contribution in [-0.2, 0) is 20.8 Å². The Morgan fingerprint density at radius 1 is 0.767 bits per heavy atom. The Kier molecular flexibility index (Phi) is 4.60. The van der Waals surface area contributed by atoms with Crippen LogP contribution in [0.25, 0.3) is 0 Å². The number of fused-ring (bicyclic) bond motifs is 1. The molecule has 0 bridgehead atoms. The Balaban J connectivity index is 1.55. The first kappa shape index (κ1) is 18.6. The molecule has 3 aromatic rings. The second-order valence-corrected chi connectivity index (χ2v) is 7.60. The van der Waals surface area contributed by atoms with Crippen molar-refractivity contribution in [1.82, 2.24) is 0 Å². The summed E-state index contributed by atoms with van der Waals surface area (Å²) in [7, 11) is 0. The van der Waals surface area contributed by atoms with E-state index in [1.165, 1.54) is 4.90 Å². The number of hydroxylamine groups is 1. The lowest BCUT2D eigenvalue weighted by Crippen LogP contribution is -2.37. The van der Waals surface area contributed by atoms with Gasteiger partial charge in [0.05, 0.1) is 17.4 Å². The van der Waals surface area contributed by atoms with Crippen LogP contribution < -0.4 is 9.96 Å². The fourth-order valence-electron chi connectivity index (χ4n) is 4.34. The van der Waals surface area contributed by atoms with Crippen molar-refractivity contribution in [3.05, 3.63) is 96.1 Å². The van der Waals surface area contributed by atoms with E-state index in [1.54, 1.807) is 5.06 Å². The maximum atomic E-state index is 13.5. The van der Waals surface area contributed by atoms with Crippen LogP contribution in [0, 0.1) is 5.92 Å². The Hall–Kier alpha value is -3.44. The average molecular weight is 398 g/mol. The van der Waals surface area contributed by atoms with Gasteiger partial charge in [0.1, 0.15) is 5.92 Å². The topological polar surface area (TPSA) is 49.9 Å². The first-order chi connectivity index (χ1) is 14.7. The summed E-state index contributed by atoms with van der Waals surface area (Å²) in [5.74, 6) is -1.14. The Morgan fingerprint density at radius 3 is 2.03 bits per heavy atom. The number of anilines is 2. The molecule has 30 heavy (non-hydrogen) atoms. The van der Waals surface area contributed by atoms with Gasteiger partial charge in [-0.3, -0.25) is 14.4 Å². The molecular formula is C25H22N2O3. The molecule has 0 radical (unpaired) electrons. The second-order valence-electron chi connectivity index (χ2n) is 7.60. The van der Waals surface area contributed by atoms with Crippen molar-refractivity contribution in [3.8, 4) is 0 Å². The number of aryl methyl sites for hydroxylation is 1. The number of carbonyl (C=O) groups excluding carboxylic acids is 2. The highest BCUT2D eigenvalue weighted by atomic mass is 16.7. The molecule has 0 unspecified atom stereocenters. The molecule has 2 fully saturated rings. The SMILES string of the molecule is CCc1ccc(N2C(=O)[C@@H]3[C@@H](c4ccccc4)N(c4ccccc4)O[C@H]3C2=O)cc1. The van der Waals surface area contributed by atoms with Gasteiger partial charge >= 0.3 is 0 Å². The first-order valence-electron chi connectivity index (χ1n) is 10.2.